The van der Waals surface area contributed by atoms with Gasteiger partial charge in [0.25, 0.3) is 0 Å². The number of ether oxygens (including phenoxy) is 3. The summed E-state index contributed by atoms with van der Waals surface area (Å²) in [7, 11) is 5.63. The fourth-order valence-electron chi connectivity index (χ4n) is 2.76. The maximum Gasteiger partial charge on any atom is 0.196 e. The number of hydrogen-bond acceptors (Lipinski definition) is 6. The Balaban J connectivity index is 0.00000544. The smallest absolute Gasteiger partial charge is 0.196 e. The maximum atomic E-state index is 5.72. The van der Waals surface area contributed by atoms with Gasteiger partial charge in [0, 0.05) is 46.2 Å². The molecule has 1 aromatic heterocycles. The second-order valence-electron chi connectivity index (χ2n) is 7.78. The van der Waals surface area contributed by atoms with Crippen molar-refractivity contribution in [2.45, 2.75) is 32.9 Å². The molecule has 0 atom stereocenters. The van der Waals surface area contributed by atoms with Crippen LogP contribution in [0.15, 0.2) is 47.6 Å². The third kappa shape index (κ3) is 12.1. The fourth-order valence-corrected chi connectivity index (χ4v) is 2.76. The van der Waals surface area contributed by atoms with Crippen molar-refractivity contribution in [1.29, 1.82) is 0 Å². The van der Waals surface area contributed by atoms with E-state index in [1.165, 1.54) is 0 Å². The quantitative estimate of drug-likeness (QED) is 0.162. The molecule has 0 saturated carbocycles. The molecule has 2 rings (SSSR count). The van der Waals surface area contributed by atoms with E-state index in [-0.39, 0.29) is 30.1 Å². The summed E-state index contributed by atoms with van der Waals surface area (Å²) in [4.78, 5) is 11.1. The molecular formula is C24H38IN5O3. The van der Waals surface area contributed by atoms with Crippen molar-refractivity contribution < 1.29 is 14.2 Å². The van der Waals surface area contributed by atoms with Gasteiger partial charge in [-0.1, -0.05) is 0 Å². The number of methoxy groups -OCH3 is 1. The molecule has 0 radical (unpaired) electrons. The van der Waals surface area contributed by atoms with Gasteiger partial charge in [0.2, 0.25) is 0 Å². The van der Waals surface area contributed by atoms with Crippen LogP contribution >= 0.6 is 24.0 Å². The first-order chi connectivity index (χ1) is 15.5. The van der Waals surface area contributed by atoms with E-state index >= 15 is 0 Å². The van der Waals surface area contributed by atoms with Crippen LogP contribution in [0.25, 0.3) is 0 Å². The Morgan fingerprint density at radius 1 is 1.09 bits per heavy atom. The Morgan fingerprint density at radius 3 is 2.52 bits per heavy atom. The van der Waals surface area contributed by atoms with Gasteiger partial charge in [0.1, 0.15) is 11.6 Å². The van der Waals surface area contributed by atoms with Crippen molar-refractivity contribution >= 4 is 41.4 Å². The molecule has 0 aliphatic heterocycles. The highest BCUT2D eigenvalue weighted by atomic mass is 127. The van der Waals surface area contributed by atoms with Gasteiger partial charge in [-0.05, 0) is 62.2 Å². The number of guanidine groups is 1. The topological polar surface area (TPSA) is 80.2 Å². The summed E-state index contributed by atoms with van der Waals surface area (Å²) in [5.41, 5.74) is 2.03. The molecular weight excluding hydrogens is 533 g/mol. The fraction of sp³-hybridized carbons (Fsp3) is 0.500. The lowest BCUT2D eigenvalue weighted by atomic mass is 10.2. The molecule has 9 heteroatoms. The van der Waals surface area contributed by atoms with E-state index in [9.17, 15) is 0 Å². The Hall–Kier alpha value is -2.11. The monoisotopic (exact) mass is 571 g/mol. The van der Waals surface area contributed by atoms with Crippen molar-refractivity contribution in [2.24, 2.45) is 4.99 Å². The second-order valence-corrected chi connectivity index (χ2v) is 7.78. The van der Waals surface area contributed by atoms with Crippen LogP contribution in [0.4, 0.5) is 11.5 Å². The molecule has 0 bridgehead atoms. The molecule has 2 aromatic rings. The molecule has 0 amide bonds. The van der Waals surface area contributed by atoms with Crippen LogP contribution in [0.2, 0.25) is 0 Å². The average Bonchev–Trinajstić information content (AvgIpc) is 2.77. The van der Waals surface area contributed by atoms with Crippen LogP contribution in [-0.2, 0) is 16.0 Å². The van der Waals surface area contributed by atoms with Crippen molar-refractivity contribution in [3.8, 4) is 5.75 Å². The van der Waals surface area contributed by atoms with Crippen LogP contribution in [-0.4, -0.2) is 64.6 Å². The van der Waals surface area contributed by atoms with Crippen LogP contribution < -0.4 is 20.3 Å². The Morgan fingerprint density at radius 2 is 1.85 bits per heavy atom. The third-order valence-corrected chi connectivity index (χ3v) is 4.37. The standard InChI is InChI=1S/C24H37N5O3.HI/c1-19(2)32-22-9-7-21(8-10-22)28-24(26-12-6-14-31-16-15-30-5)27-18-20-11-13-25-23(17-20)29(3)4;/h7-11,13,17,19H,6,12,14-16,18H2,1-5H3,(H2,26,27,28);1H. The molecule has 1 aromatic carbocycles. The average molecular weight is 572 g/mol. The van der Waals surface area contributed by atoms with E-state index in [1.54, 1.807) is 7.11 Å². The largest absolute Gasteiger partial charge is 0.491 e. The summed E-state index contributed by atoms with van der Waals surface area (Å²) < 4.78 is 16.2. The van der Waals surface area contributed by atoms with Gasteiger partial charge in [-0.15, -0.1) is 24.0 Å². The second kappa shape index (κ2) is 16.5. The van der Waals surface area contributed by atoms with E-state index < -0.39 is 0 Å². The number of halogens is 1. The van der Waals surface area contributed by atoms with Crippen molar-refractivity contribution in [1.82, 2.24) is 10.3 Å². The van der Waals surface area contributed by atoms with E-state index in [4.69, 9.17) is 19.2 Å². The van der Waals surface area contributed by atoms with E-state index in [2.05, 4.69) is 15.6 Å². The molecule has 33 heavy (non-hydrogen) atoms. The van der Waals surface area contributed by atoms with E-state index in [1.807, 2.05) is 75.4 Å². The first kappa shape index (κ1) is 28.9. The summed E-state index contributed by atoms with van der Waals surface area (Å²) in [5, 5.41) is 6.76. The lowest BCUT2D eigenvalue weighted by Crippen LogP contribution is -2.32. The zero-order valence-electron chi connectivity index (χ0n) is 20.3. The lowest BCUT2D eigenvalue weighted by Gasteiger charge is -2.15. The summed E-state index contributed by atoms with van der Waals surface area (Å²) in [5.74, 6) is 2.47. The summed E-state index contributed by atoms with van der Waals surface area (Å²) in [6.45, 7) is 7.20. The minimum absolute atomic E-state index is 0. The number of aliphatic imine (C=N–C) groups is 1. The van der Waals surface area contributed by atoms with Gasteiger partial charge >= 0.3 is 0 Å². The lowest BCUT2D eigenvalue weighted by molar-refractivity contribution is 0.0699. The molecule has 184 valence electrons. The number of benzene rings is 1. The molecule has 0 saturated heterocycles. The molecule has 0 aliphatic rings. The molecule has 8 nitrogen and oxygen atoms in total. The number of hydrogen-bond donors (Lipinski definition) is 2. The maximum absolute atomic E-state index is 5.72. The van der Waals surface area contributed by atoms with Crippen LogP contribution in [0.3, 0.4) is 0 Å². The van der Waals surface area contributed by atoms with Crippen LogP contribution in [0, 0.1) is 0 Å². The molecule has 0 spiro atoms. The number of nitrogens with zero attached hydrogens (tertiary/aromatic N) is 3. The Bertz CT molecular complexity index is 816. The highest BCUT2D eigenvalue weighted by Gasteiger charge is 2.04. The number of nitrogens with one attached hydrogen (secondary N) is 2. The van der Waals surface area contributed by atoms with Crippen LogP contribution in [0.5, 0.6) is 5.75 Å². The number of aromatic nitrogens is 1. The molecule has 0 aliphatic carbocycles. The zero-order valence-corrected chi connectivity index (χ0v) is 22.7. The predicted octanol–water partition coefficient (Wildman–Crippen LogP) is 4.16. The van der Waals surface area contributed by atoms with Crippen molar-refractivity contribution in [3.63, 3.8) is 0 Å². The van der Waals surface area contributed by atoms with Gasteiger partial charge in [0.05, 0.1) is 25.9 Å². The van der Waals surface area contributed by atoms with Crippen molar-refractivity contribution in [3.05, 3.63) is 48.2 Å². The third-order valence-electron chi connectivity index (χ3n) is 4.37. The molecule has 2 N–H and O–H groups in total. The van der Waals surface area contributed by atoms with Crippen LogP contribution in [0.1, 0.15) is 25.8 Å². The minimum atomic E-state index is 0. The van der Waals surface area contributed by atoms with Gasteiger partial charge in [-0.3, -0.25) is 0 Å². The first-order valence-corrected chi connectivity index (χ1v) is 11.0. The minimum Gasteiger partial charge on any atom is -0.491 e. The van der Waals surface area contributed by atoms with E-state index in [0.29, 0.717) is 32.3 Å². The van der Waals surface area contributed by atoms with Gasteiger partial charge in [-0.2, -0.15) is 0 Å². The first-order valence-electron chi connectivity index (χ1n) is 11.0. The van der Waals surface area contributed by atoms with Crippen molar-refractivity contribution in [2.75, 3.05) is 57.8 Å². The predicted molar refractivity (Wildman–Crippen MR) is 146 cm³/mol. The Labute approximate surface area is 215 Å². The summed E-state index contributed by atoms with van der Waals surface area (Å²) in [6.07, 6.45) is 2.82. The van der Waals surface area contributed by atoms with Gasteiger partial charge < -0.3 is 29.7 Å². The molecule has 0 fully saturated rings. The highest BCUT2D eigenvalue weighted by molar-refractivity contribution is 14.0. The summed E-state index contributed by atoms with van der Waals surface area (Å²) in [6, 6.07) is 11.9. The summed E-state index contributed by atoms with van der Waals surface area (Å²) >= 11 is 0. The van der Waals surface area contributed by atoms with E-state index in [0.717, 1.165) is 35.8 Å². The number of pyridine rings is 1. The van der Waals surface area contributed by atoms with Gasteiger partial charge in [-0.25, -0.2) is 9.98 Å². The Kier molecular flexibility index (Phi) is 14.5. The number of rotatable bonds is 13. The van der Waals surface area contributed by atoms with Gasteiger partial charge in [0.15, 0.2) is 5.96 Å². The molecule has 0 unspecified atom stereocenters. The highest BCUT2D eigenvalue weighted by Crippen LogP contribution is 2.17. The normalized spacial score (nSPS) is 11.2. The molecule has 1 heterocycles. The zero-order chi connectivity index (χ0) is 23.2. The number of anilines is 2. The SMILES string of the molecule is COCCOCCCNC(=NCc1ccnc(N(C)C)c1)Nc1ccc(OC(C)C)cc1.I.